The third-order valence-electron chi connectivity index (χ3n) is 4.87. The maximum atomic E-state index is 12.4. The molecule has 1 aliphatic heterocycles. The van der Waals surface area contributed by atoms with Crippen molar-refractivity contribution in [1.82, 2.24) is 9.97 Å². The first kappa shape index (κ1) is 23.1. The van der Waals surface area contributed by atoms with E-state index in [9.17, 15) is 23.7 Å². The monoisotopic (exact) mass is 452 g/mol. The number of halogens is 2. The van der Waals surface area contributed by atoms with Crippen molar-refractivity contribution in [3.05, 3.63) is 46.3 Å². The van der Waals surface area contributed by atoms with Gasteiger partial charge in [0, 0.05) is 13.1 Å². The molecule has 3 rings (SSSR count). The van der Waals surface area contributed by atoms with Crippen LogP contribution < -0.4 is 14.4 Å². The summed E-state index contributed by atoms with van der Waals surface area (Å²) in [6.07, 6.45) is 2.12. The molecule has 1 aromatic heterocycles. The van der Waals surface area contributed by atoms with E-state index in [0.29, 0.717) is 38.1 Å². The van der Waals surface area contributed by atoms with E-state index in [2.05, 4.69) is 14.7 Å². The third-order valence-corrected chi connectivity index (χ3v) is 4.87. The Hall–Kier alpha value is -3.57. The van der Waals surface area contributed by atoms with Gasteiger partial charge in [0.05, 0.1) is 17.4 Å². The molecule has 172 valence electrons. The zero-order chi connectivity index (χ0) is 23.1. The Labute approximate surface area is 182 Å². The Morgan fingerprint density at radius 1 is 1.31 bits per heavy atom. The number of hydrogen-bond donors (Lipinski definition) is 0. The van der Waals surface area contributed by atoms with Gasteiger partial charge in [0.1, 0.15) is 18.7 Å². The van der Waals surface area contributed by atoms with Crippen LogP contribution in [-0.2, 0) is 16.1 Å². The van der Waals surface area contributed by atoms with Gasteiger partial charge in [0.2, 0.25) is 5.82 Å². The average molecular weight is 452 g/mol. The lowest BCUT2D eigenvalue weighted by atomic mass is 9.97. The molecule has 1 aromatic carbocycles. The molecule has 10 nitrogen and oxygen atoms in total. The number of carbonyl (C=O) groups is 1. The van der Waals surface area contributed by atoms with Gasteiger partial charge in [-0.05, 0) is 37.5 Å². The van der Waals surface area contributed by atoms with Crippen molar-refractivity contribution in [3.8, 4) is 11.6 Å². The highest BCUT2D eigenvalue weighted by molar-refractivity contribution is 5.73. The van der Waals surface area contributed by atoms with Crippen LogP contribution in [0.5, 0.6) is 11.6 Å². The van der Waals surface area contributed by atoms with Crippen LogP contribution in [0.2, 0.25) is 0 Å². The number of benzene rings is 1. The Bertz CT molecular complexity index is 953. The number of rotatable bonds is 9. The van der Waals surface area contributed by atoms with Gasteiger partial charge >= 0.3 is 18.3 Å². The second kappa shape index (κ2) is 10.6. The SMILES string of the molecule is CCOC(=O)C1CCN(c2ncnc(OCc3cccc(OC(F)F)c3)c2[N+](=O)[O-])CC1. The Morgan fingerprint density at radius 2 is 2.06 bits per heavy atom. The van der Waals surface area contributed by atoms with Crippen molar-refractivity contribution >= 4 is 17.5 Å². The smallest absolute Gasteiger partial charge is 0.387 e. The van der Waals surface area contributed by atoms with Crippen LogP contribution in [-0.4, -0.2) is 47.2 Å². The van der Waals surface area contributed by atoms with E-state index in [-0.39, 0.29) is 35.9 Å². The molecule has 0 spiro atoms. The summed E-state index contributed by atoms with van der Waals surface area (Å²) in [6, 6.07) is 5.82. The van der Waals surface area contributed by atoms with Gasteiger partial charge in [-0.25, -0.2) is 4.98 Å². The lowest BCUT2D eigenvalue weighted by Gasteiger charge is -2.31. The fraction of sp³-hybridized carbons (Fsp3) is 0.450. The Kier molecular flexibility index (Phi) is 7.68. The summed E-state index contributed by atoms with van der Waals surface area (Å²) in [7, 11) is 0. The van der Waals surface area contributed by atoms with E-state index in [4.69, 9.17) is 9.47 Å². The number of anilines is 1. The van der Waals surface area contributed by atoms with Crippen molar-refractivity contribution in [3.63, 3.8) is 0 Å². The molecule has 1 fully saturated rings. The Morgan fingerprint density at radius 3 is 2.72 bits per heavy atom. The van der Waals surface area contributed by atoms with Crippen LogP contribution >= 0.6 is 0 Å². The second-order valence-corrected chi connectivity index (χ2v) is 6.94. The number of aromatic nitrogens is 2. The van der Waals surface area contributed by atoms with Crippen molar-refractivity contribution in [2.45, 2.75) is 33.0 Å². The summed E-state index contributed by atoms with van der Waals surface area (Å²) in [6.45, 7) is -0.316. The molecule has 1 aliphatic rings. The summed E-state index contributed by atoms with van der Waals surface area (Å²) in [5.41, 5.74) is 0.0648. The number of esters is 1. The summed E-state index contributed by atoms with van der Waals surface area (Å²) < 4.78 is 39.7. The molecule has 0 N–H and O–H groups in total. The molecule has 1 saturated heterocycles. The quantitative estimate of drug-likeness (QED) is 0.321. The minimum Gasteiger partial charge on any atom is -0.468 e. The minimum atomic E-state index is -2.97. The van der Waals surface area contributed by atoms with E-state index >= 15 is 0 Å². The lowest BCUT2D eigenvalue weighted by Crippen LogP contribution is -2.37. The van der Waals surface area contributed by atoms with Gasteiger partial charge in [-0.15, -0.1) is 0 Å². The molecule has 2 aromatic rings. The topological polar surface area (TPSA) is 117 Å². The van der Waals surface area contributed by atoms with Crippen LogP contribution in [0.15, 0.2) is 30.6 Å². The highest BCUT2D eigenvalue weighted by Gasteiger charge is 2.33. The molecule has 0 atom stereocenters. The van der Waals surface area contributed by atoms with Gasteiger partial charge in [0.15, 0.2) is 0 Å². The maximum absolute atomic E-state index is 12.4. The molecule has 0 radical (unpaired) electrons. The zero-order valence-corrected chi connectivity index (χ0v) is 17.3. The molecule has 12 heteroatoms. The highest BCUT2D eigenvalue weighted by atomic mass is 19.3. The lowest BCUT2D eigenvalue weighted by molar-refractivity contribution is -0.385. The number of nitrogens with zero attached hydrogens (tertiary/aromatic N) is 4. The van der Waals surface area contributed by atoms with Gasteiger partial charge < -0.3 is 19.1 Å². The predicted octanol–water partition coefficient (Wildman–Crippen LogP) is 3.34. The highest BCUT2D eigenvalue weighted by Crippen LogP contribution is 2.36. The van der Waals surface area contributed by atoms with E-state index in [1.165, 1.54) is 18.2 Å². The average Bonchev–Trinajstić information content (AvgIpc) is 2.77. The number of carbonyl (C=O) groups excluding carboxylic acids is 1. The number of nitro groups is 1. The largest absolute Gasteiger partial charge is 0.468 e. The van der Waals surface area contributed by atoms with Crippen LogP contribution in [0.25, 0.3) is 0 Å². The first-order chi connectivity index (χ1) is 15.4. The molecule has 2 heterocycles. The number of alkyl halides is 2. The fourth-order valence-electron chi connectivity index (χ4n) is 3.40. The maximum Gasteiger partial charge on any atom is 0.387 e. The van der Waals surface area contributed by atoms with E-state index in [1.54, 1.807) is 17.9 Å². The Balaban J connectivity index is 1.73. The van der Waals surface area contributed by atoms with Crippen LogP contribution in [0, 0.1) is 16.0 Å². The molecule has 32 heavy (non-hydrogen) atoms. The fourth-order valence-corrected chi connectivity index (χ4v) is 3.40. The first-order valence-corrected chi connectivity index (χ1v) is 9.96. The molecule has 0 unspecified atom stereocenters. The number of piperidine rings is 1. The molecule has 0 amide bonds. The number of hydrogen-bond acceptors (Lipinski definition) is 9. The van der Waals surface area contributed by atoms with Crippen molar-refractivity contribution < 1.29 is 32.7 Å². The first-order valence-electron chi connectivity index (χ1n) is 9.96. The van der Waals surface area contributed by atoms with Crippen molar-refractivity contribution in [2.75, 3.05) is 24.6 Å². The van der Waals surface area contributed by atoms with Crippen LogP contribution in [0.3, 0.4) is 0 Å². The summed E-state index contributed by atoms with van der Waals surface area (Å²) in [5, 5.41) is 11.8. The standard InChI is InChI=1S/C20H22F2N4O6/c1-2-30-19(27)14-6-8-25(9-7-14)17-16(26(28)29)18(24-12-23-17)31-11-13-4-3-5-15(10-13)32-20(21)22/h3-5,10,12,14,20H,2,6-9,11H2,1H3. The summed E-state index contributed by atoms with van der Waals surface area (Å²) in [5.74, 6) is -0.731. The molecule has 0 bridgehead atoms. The van der Waals surface area contributed by atoms with Gasteiger partial charge in [-0.3, -0.25) is 14.9 Å². The summed E-state index contributed by atoms with van der Waals surface area (Å²) >= 11 is 0. The molecule has 0 saturated carbocycles. The normalized spacial score (nSPS) is 14.3. The van der Waals surface area contributed by atoms with Gasteiger partial charge in [-0.2, -0.15) is 13.8 Å². The zero-order valence-electron chi connectivity index (χ0n) is 17.3. The third kappa shape index (κ3) is 5.77. The summed E-state index contributed by atoms with van der Waals surface area (Å²) in [4.78, 5) is 32.7. The van der Waals surface area contributed by atoms with E-state index in [0.717, 1.165) is 6.33 Å². The van der Waals surface area contributed by atoms with E-state index < -0.39 is 17.2 Å². The predicted molar refractivity (Wildman–Crippen MR) is 108 cm³/mol. The second-order valence-electron chi connectivity index (χ2n) is 6.94. The molecular formula is C20H22F2N4O6. The van der Waals surface area contributed by atoms with Crippen molar-refractivity contribution in [1.29, 1.82) is 0 Å². The van der Waals surface area contributed by atoms with Crippen LogP contribution in [0.1, 0.15) is 25.3 Å². The van der Waals surface area contributed by atoms with E-state index in [1.807, 2.05) is 0 Å². The number of ether oxygens (including phenoxy) is 3. The van der Waals surface area contributed by atoms with Crippen LogP contribution in [0.4, 0.5) is 20.3 Å². The molecule has 0 aliphatic carbocycles. The molecular weight excluding hydrogens is 430 g/mol. The van der Waals surface area contributed by atoms with Gasteiger partial charge in [-0.1, -0.05) is 12.1 Å². The van der Waals surface area contributed by atoms with Crippen molar-refractivity contribution in [2.24, 2.45) is 5.92 Å². The minimum absolute atomic E-state index is 0.0524. The van der Waals surface area contributed by atoms with Gasteiger partial charge in [0.25, 0.3) is 5.88 Å².